The third kappa shape index (κ3) is 4.93. The van der Waals surface area contributed by atoms with Crippen LogP contribution < -0.4 is 4.74 Å². The van der Waals surface area contributed by atoms with E-state index >= 15 is 0 Å². The minimum absolute atomic E-state index is 0.282. The molecule has 0 aromatic carbocycles. The lowest BCUT2D eigenvalue weighted by atomic mass is 10.2. The van der Waals surface area contributed by atoms with E-state index in [0.717, 1.165) is 18.5 Å². The molecule has 1 rings (SSSR count). The van der Waals surface area contributed by atoms with Gasteiger partial charge in [0.05, 0.1) is 12.3 Å². The van der Waals surface area contributed by atoms with Crippen LogP contribution in [0.25, 0.3) is 0 Å². The first kappa shape index (κ1) is 13.6. The summed E-state index contributed by atoms with van der Waals surface area (Å²) in [5.74, 6) is 0.357. The number of hydrogen-bond acceptors (Lipinski definition) is 4. The van der Waals surface area contributed by atoms with Crippen LogP contribution in [0, 0.1) is 6.92 Å². The van der Waals surface area contributed by atoms with E-state index in [-0.39, 0.29) is 5.69 Å². The highest BCUT2D eigenvalue weighted by molar-refractivity contribution is 5.74. The lowest BCUT2D eigenvalue weighted by molar-refractivity contribution is 0.111. The summed E-state index contributed by atoms with van der Waals surface area (Å²) in [7, 11) is 0. The molecule has 0 bridgehead atoms. The molecule has 0 saturated carbocycles. The van der Waals surface area contributed by atoms with E-state index in [1.165, 1.54) is 19.3 Å². The van der Waals surface area contributed by atoms with Gasteiger partial charge < -0.3 is 4.74 Å². The van der Waals surface area contributed by atoms with Gasteiger partial charge in [-0.2, -0.15) is 0 Å². The molecule has 0 saturated heterocycles. The van der Waals surface area contributed by atoms with Gasteiger partial charge in [-0.25, -0.2) is 9.97 Å². The van der Waals surface area contributed by atoms with Crippen molar-refractivity contribution in [1.82, 2.24) is 9.97 Å². The Morgan fingerprint density at radius 2 is 2.06 bits per heavy atom. The molecule has 0 aliphatic heterocycles. The molecule has 0 N–H and O–H groups in total. The molecular formula is C13H20N2O2. The Hall–Kier alpha value is -1.45. The van der Waals surface area contributed by atoms with Crippen LogP contribution in [0.5, 0.6) is 5.88 Å². The Kier molecular flexibility index (Phi) is 6.22. The van der Waals surface area contributed by atoms with Crippen molar-refractivity contribution < 1.29 is 9.53 Å². The number of carbonyl (C=O) groups is 1. The van der Waals surface area contributed by atoms with E-state index in [4.69, 9.17) is 4.74 Å². The maximum Gasteiger partial charge on any atom is 0.243 e. The standard InChI is InChI=1S/C13H20N2O2/c1-3-4-5-6-7-8-17-13-12(10-16)14-9-11(2)15-13/h9-10H,3-8H2,1-2H3. The van der Waals surface area contributed by atoms with Gasteiger partial charge in [0.25, 0.3) is 0 Å². The Balaban J connectivity index is 2.35. The smallest absolute Gasteiger partial charge is 0.243 e. The zero-order valence-corrected chi connectivity index (χ0v) is 10.6. The summed E-state index contributed by atoms with van der Waals surface area (Å²) in [6.45, 7) is 4.62. The van der Waals surface area contributed by atoms with Crippen LogP contribution in [0.15, 0.2) is 6.20 Å². The number of ether oxygens (including phenoxy) is 1. The minimum atomic E-state index is 0.282. The summed E-state index contributed by atoms with van der Waals surface area (Å²) in [5, 5.41) is 0. The highest BCUT2D eigenvalue weighted by Gasteiger charge is 2.06. The summed E-state index contributed by atoms with van der Waals surface area (Å²) < 4.78 is 5.48. The fraction of sp³-hybridized carbons (Fsp3) is 0.615. The van der Waals surface area contributed by atoms with E-state index < -0.39 is 0 Å². The Morgan fingerprint density at radius 1 is 1.29 bits per heavy atom. The van der Waals surface area contributed by atoms with Crippen molar-refractivity contribution in [3.63, 3.8) is 0 Å². The summed E-state index contributed by atoms with van der Waals surface area (Å²) in [6.07, 6.45) is 8.14. The maximum atomic E-state index is 10.7. The first-order chi connectivity index (χ1) is 8.27. The van der Waals surface area contributed by atoms with Crippen LogP contribution in [0.1, 0.15) is 55.2 Å². The van der Waals surface area contributed by atoms with Crippen LogP contribution in [0.2, 0.25) is 0 Å². The van der Waals surface area contributed by atoms with E-state index in [9.17, 15) is 4.79 Å². The SMILES string of the molecule is CCCCCCCOc1nc(C)cnc1C=O. The molecule has 1 aromatic heterocycles. The predicted octanol–water partition coefficient (Wildman–Crippen LogP) is 2.95. The molecule has 94 valence electrons. The molecule has 0 spiro atoms. The number of aryl methyl sites for hydroxylation is 1. The van der Waals surface area contributed by atoms with Gasteiger partial charge in [-0.1, -0.05) is 32.6 Å². The van der Waals surface area contributed by atoms with E-state index in [0.29, 0.717) is 18.8 Å². The number of aromatic nitrogens is 2. The second-order valence-electron chi connectivity index (χ2n) is 4.08. The monoisotopic (exact) mass is 236 g/mol. The molecule has 0 radical (unpaired) electrons. The minimum Gasteiger partial charge on any atom is -0.476 e. The van der Waals surface area contributed by atoms with Crippen molar-refractivity contribution in [2.75, 3.05) is 6.61 Å². The summed E-state index contributed by atoms with van der Waals surface area (Å²) in [4.78, 5) is 18.9. The van der Waals surface area contributed by atoms with Crippen molar-refractivity contribution >= 4 is 6.29 Å². The first-order valence-corrected chi connectivity index (χ1v) is 6.19. The molecule has 1 heterocycles. The van der Waals surface area contributed by atoms with Crippen molar-refractivity contribution in [2.45, 2.75) is 46.0 Å². The molecule has 0 aliphatic rings. The fourth-order valence-corrected chi connectivity index (χ4v) is 1.53. The fourth-order valence-electron chi connectivity index (χ4n) is 1.53. The van der Waals surface area contributed by atoms with Crippen LogP contribution in [-0.2, 0) is 0 Å². The van der Waals surface area contributed by atoms with E-state index in [2.05, 4.69) is 16.9 Å². The predicted molar refractivity (Wildman–Crippen MR) is 66.4 cm³/mol. The van der Waals surface area contributed by atoms with Crippen LogP contribution in [0.3, 0.4) is 0 Å². The van der Waals surface area contributed by atoms with Gasteiger partial charge in [0, 0.05) is 6.20 Å². The summed E-state index contributed by atoms with van der Waals surface area (Å²) in [5.41, 5.74) is 1.04. The molecule has 0 unspecified atom stereocenters. The zero-order valence-electron chi connectivity index (χ0n) is 10.6. The lowest BCUT2D eigenvalue weighted by Crippen LogP contribution is -2.04. The van der Waals surface area contributed by atoms with Crippen molar-refractivity contribution in [2.24, 2.45) is 0 Å². The number of carbonyl (C=O) groups excluding carboxylic acids is 1. The number of rotatable bonds is 8. The number of nitrogens with zero attached hydrogens (tertiary/aromatic N) is 2. The van der Waals surface area contributed by atoms with Gasteiger partial charge in [0.1, 0.15) is 0 Å². The topological polar surface area (TPSA) is 52.1 Å². The third-order valence-electron chi connectivity index (χ3n) is 2.49. The van der Waals surface area contributed by atoms with Gasteiger partial charge >= 0.3 is 0 Å². The molecule has 0 fully saturated rings. The van der Waals surface area contributed by atoms with Gasteiger partial charge in [0.15, 0.2) is 12.0 Å². The maximum absolute atomic E-state index is 10.7. The largest absolute Gasteiger partial charge is 0.476 e. The van der Waals surface area contributed by atoms with Gasteiger partial charge in [-0.3, -0.25) is 4.79 Å². The van der Waals surface area contributed by atoms with Crippen LogP contribution in [0.4, 0.5) is 0 Å². The second-order valence-corrected chi connectivity index (χ2v) is 4.08. The lowest BCUT2D eigenvalue weighted by Gasteiger charge is -2.07. The first-order valence-electron chi connectivity index (χ1n) is 6.19. The Labute approximate surface area is 102 Å². The van der Waals surface area contributed by atoms with Gasteiger partial charge in [-0.05, 0) is 13.3 Å². The number of unbranched alkanes of at least 4 members (excludes halogenated alkanes) is 4. The number of hydrogen-bond donors (Lipinski definition) is 0. The molecule has 0 atom stereocenters. The molecule has 17 heavy (non-hydrogen) atoms. The summed E-state index contributed by atoms with van der Waals surface area (Å²) >= 11 is 0. The highest BCUT2D eigenvalue weighted by Crippen LogP contribution is 2.12. The summed E-state index contributed by atoms with van der Waals surface area (Å²) in [6, 6.07) is 0. The van der Waals surface area contributed by atoms with Crippen LogP contribution in [-0.4, -0.2) is 22.9 Å². The highest BCUT2D eigenvalue weighted by atomic mass is 16.5. The molecule has 4 heteroatoms. The third-order valence-corrected chi connectivity index (χ3v) is 2.49. The molecule has 4 nitrogen and oxygen atoms in total. The quantitative estimate of drug-likeness (QED) is 0.514. The van der Waals surface area contributed by atoms with Crippen molar-refractivity contribution in [1.29, 1.82) is 0 Å². The zero-order chi connectivity index (χ0) is 12.5. The molecule has 1 aromatic rings. The van der Waals surface area contributed by atoms with E-state index in [1.807, 2.05) is 6.92 Å². The second kappa shape index (κ2) is 7.76. The molecule has 0 amide bonds. The normalized spacial score (nSPS) is 10.2. The van der Waals surface area contributed by atoms with Crippen LogP contribution >= 0.6 is 0 Å². The molecule has 0 aliphatic carbocycles. The van der Waals surface area contributed by atoms with Gasteiger partial charge in [-0.15, -0.1) is 0 Å². The molecular weight excluding hydrogens is 216 g/mol. The Morgan fingerprint density at radius 3 is 2.76 bits per heavy atom. The van der Waals surface area contributed by atoms with Crippen molar-refractivity contribution in [3.05, 3.63) is 17.6 Å². The van der Waals surface area contributed by atoms with E-state index in [1.54, 1.807) is 6.20 Å². The average molecular weight is 236 g/mol. The average Bonchev–Trinajstić information content (AvgIpc) is 2.34. The Bertz CT molecular complexity index is 353. The van der Waals surface area contributed by atoms with Crippen molar-refractivity contribution in [3.8, 4) is 5.88 Å². The number of aldehydes is 1. The van der Waals surface area contributed by atoms with Gasteiger partial charge in [0.2, 0.25) is 5.88 Å².